The summed E-state index contributed by atoms with van der Waals surface area (Å²) in [6.45, 7) is 2.81. The summed E-state index contributed by atoms with van der Waals surface area (Å²) in [5.41, 5.74) is 3.90. The molecule has 0 amide bonds. The van der Waals surface area contributed by atoms with Crippen LogP contribution in [0.3, 0.4) is 0 Å². The molecule has 1 aliphatic carbocycles. The molecule has 0 radical (unpaired) electrons. The topological polar surface area (TPSA) is 50.8 Å². The summed E-state index contributed by atoms with van der Waals surface area (Å²) in [5, 5.41) is 7.39. The number of H-pyrrole nitrogens is 1. The van der Waals surface area contributed by atoms with Crippen molar-refractivity contribution in [3.05, 3.63) is 35.2 Å². The lowest BCUT2D eigenvalue weighted by molar-refractivity contribution is 0.200. The lowest BCUT2D eigenvalue weighted by atomic mass is 9.77. The Morgan fingerprint density at radius 2 is 2.20 bits per heavy atom. The van der Waals surface area contributed by atoms with Crippen LogP contribution in [0.5, 0.6) is 0 Å². The Labute approximate surface area is 119 Å². The summed E-state index contributed by atoms with van der Waals surface area (Å²) < 4.78 is 5.08. The fourth-order valence-corrected chi connectivity index (χ4v) is 2.67. The van der Waals surface area contributed by atoms with Gasteiger partial charge in [-0.1, -0.05) is 30.2 Å². The zero-order chi connectivity index (χ0) is 13.9. The van der Waals surface area contributed by atoms with Crippen molar-refractivity contribution in [3.8, 4) is 11.4 Å². The lowest BCUT2D eigenvalue weighted by Crippen LogP contribution is -2.10. The number of rotatable bonds is 5. The highest BCUT2D eigenvalue weighted by molar-refractivity contribution is 5.62. The minimum atomic E-state index is 0.665. The molecule has 1 aliphatic rings. The van der Waals surface area contributed by atoms with Crippen LogP contribution in [0.1, 0.15) is 42.1 Å². The van der Waals surface area contributed by atoms with E-state index in [4.69, 9.17) is 4.74 Å². The molecule has 1 aromatic heterocycles. The van der Waals surface area contributed by atoms with Crippen molar-refractivity contribution in [1.29, 1.82) is 0 Å². The second kappa shape index (κ2) is 5.75. The molecule has 2 aromatic rings. The first-order chi connectivity index (χ1) is 9.78. The Balaban J connectivity index is 1.90. The highest BCUT2D eigenvalue weighted by Gasteiger charge is 2.24. The maximum atomic E-state index is 5.08. The monoisotopic (exact) mass is 271 g/mol. The predicted molar refractivity (Wildman–Crippen MR) is 78.7 cm³/mol. The van der Waals surface area contributed by atoms with E-state index in [9.17, 15) is 0 Å². The van der Waals surface area contributed by atoms with Gasteiger partial charge in [-0.25, -0.2) is 4.98 Å². The third-order valence-corrected chi connectivity index (χ3v) is 4.07. The molecule has 4 nitrogen and oxygen atoms in total. The van der Waals surface area contributed by atoms with E-state index >= 15 is 0 Å². The Morgan fingerprint density at radius 3 is 2.90 bits per heavy atom. The van der Waals surface area contributed by atoms with Gasteiger partial charge in [-0.3, -0.25) is 5.10 Å². The van der Waals surface area contributed by atoms with E-state index in [0.717, 1.165) is 18.1 Å². The average Bonchev–Trinajstić information content (AvgIpc) is 2.83. The maximum absolute atomic E-state index is 5.08. The van der Waals surface area contributed by atoms with Crippen molar-refractivity contribution in [3.63, 3.8) is 0 Å². The third-order valence-electron chi connectivity index (χ3n) is 4.07. The number of aryl methyl sites for hydroxylation is 1. The molecule has 106 valence electrons. The van der Waals surface area contributed by atoms with Crippen LogP contribution in [0.25, 0.3) is 11.4 Å². The molecular weight excluding hydrogens is 250 g/mol. The number of ether oxygens (including phenoxy) is 1. The highest BCUT2D eigenvalue weighted by atomic mass is 16.5. The first kappa shape index (κ1) is 13.3. The Kier molecular flexibility index (Phi) is 3.83. The van der Waals surface area contributed by atoms with E-state index in [1.54, 1.807) is 7.11 Å². The van der Waals surface area contributed by atoms with Gasteiger partial charge in [0.25, 0.3) is 0 Å². The van der Waals surface area contributed by atoms with E-state index < -0.39 is 0 Å². The van der Waals surface area contributed by atoms with Crippen LogP contribution in [-0.2, 0) is 11.2 Å². The van der Waals surface area contributed by atoms with Crippen LogP contribution >= 0.6 is 0 Å². The lowest BCUT2D eigenvalue weighted by Gasteiger charge is -2.27. The standard InChI is InChI=1S/C16H21N3O/c1-11-6-7-13(14(10-11)12-4-3-5-12)16-17-15(18-19-16)8-9-20-2/h6-7,10,12H,3-5,8-9H2,1-2H3,(H,17,18,19). The second-order valence-corrected chi connectivity index (χ2v) is 5.57. The molecule has 4 heteroatoms. The van der Waals surface area contributed by atoms with Crippen molar-refractivity contribution in [1.82, 2.24) is 15.2 Å². The number of hydrogen-bond acceptors (Lipinski definition) is 3. The number of hydrogen-bond donors (Lipinski definition) is 1. The molecule has 1 fully saturated rings. The fraction of sp³-hybridized carbons (Fsp3) is 0.500. The molecule has 0 saturated heterocycles. The Morgan fingerprint density at radius 1 is 1.35 bits per heavy atom. The van der Waals surface area contributed by atoms with E-state index in [-0.39, 0.29) is 0 Å². The van der Waals surface area contributed by atoms with Gasteiger partial charge in [0.2, 0.25) is 0 Å². The van der Waals surface area contributed by atoms with Crippen LogP contribution in [0.2, 0.25) is 0 Å². The van der Waals surface area contributed by atoms with Crippen LogP contribution in [0, 0.1) is 6.92 Å². The van der Waals surface area contributed by atoms with Gasteiger partial charge in [0, 0.05) is 19.1 Å². The summed E-state index contributed by atoms with van der Waals surface area (Å²) in [7, 11) is 1.70. The molecule has 0 aliphatic heterocycles. The molecule has 20 heavy (non-hydrogen) atoms. The number of nitrogens with zero attached hydrogens (tertiary/aromatic N) is 2. The number of methoxy groups -OCH3 is 1. The van der Waals surface area contributed by atoms with Crippen molar-refractivity contribution >= 4 is 0 Å². The molecule has 0 unspecified atom stereocenters. The van der Waals surface area contributed by atoms with Gasteiger partial charge in [-0.15, -0.1) is 0 Å². The van der Waals surface area contributed by atoms with Gasteiger partial charge in [-0.2, -0.15) is 5.10 Å². The van der Waals surface area contributed by atoms with E-state index in [0.29, 0.717) is 12.5 Å². The van der Waals surface area contributed by atoms with Crippen LogP contribution in [0.4, 0.5) is 0 Å². The van der Waals surface area contributed by atoms with Crippen LogP contribution in [0.15, 0.2) is 18.2 Å². The van der Waals surface area contributed by atoms with Crippen molar-refractivity contribution in [2.75, 3.05) is 13.7 Å². The molecule has 0 atom stereocenters. The van der Waals surface area contributed by atoms with Gasteiger partial charge in [0.05, 0.1) is 6.61 Å². The van der Waals surface area contributed by atoms with E-state index in [1.807, 2.05) is 0 Å². The van der Waals surface area contributed by atoms with Gasteiger partial charge >= 0.3 is 0 Å². The van der Waals surface area contributed by atoms with E-state index in [2.05, 4.69) is 40.3 Å². The first-order valence-corrected chi connectivity index (χ1v) is 7.29. The zero-order valence-electron chi connectivity index (χ0n) is 12.1. The number of aromatic amines is 1. The van der Waals surface area contributed by atoms with Crippen molar-refractivity contribution < 1.29 is 4.74 Å². The largest absolute Gasteiger partial charge is 0.384 e. The quantitative estimate of drug-likeness (QED) is 0.908. The van der Waals surface area contributed by atoms with Gasteiger partial charge in [0.1, 0.15) is 5.82 Å². The summed E-state index contributed by atoms with van der Waals surface area (Å²) in [4.78, 5) is 4.60. The van der Waals surface area contributed by atoms with E-state index in [1.165, 1.54) is 36.0 Å². The summed E-state index contributed by atoms with van der Waals surface area (Å²) >= 11 is 0. The fourth-order valence-electron chi connectivity index (χ4n) is 2.67. The molecule has 0 bridgehead atoms. The molecule has 1 aromatic carbocycles. The SMILES string of the molecule is COCCc1nc(-c2ccc(C)cc2C2CCC2)n[nH]1. The summed E-state index contributed by atoms with van der Waals surface area (Å²) in [6, 6.07) is 6.60. The molecule has 0 spiro atoms. The second-order valence-electron chi connectivity index (χ2n) is 5.57. The van der Waals surface area contributed by atoms with Crippen molar-refractivity contribution in [2.24, 2.45) is 0 Å². The summed E-state index contributed by atoms with van der Waals surface area (Å²) in [6.07, 6.45) is 4.69. The maximum Gasteiger partial charge on any atom is 0.181 e. The molecule has 1 saturated carbocycles. The Hall–Kier alpha value is -1.68. The minimum absolute atomic E-state index is 0.665. The predicted octanol–water partition coefficient (Wildman–Crippen LogP) is 3.24. The van der Waals surface area contributed by atoms with Crippen LogP contribution in [-0.4, -0.2) is 28.9 Å². The Bertz CT molecular complexity index is 587. The minimum Gasteiger partial charge on any atom is -0.384 e. The molecule has 3 rings (SSSR count). The smallest absolute Gasteiger partial charge is 0.181 e. The van der Waals surface area contributed by atoms with Crippen molar-refractivity contribution in [2.45, 2.75) is 38.5 Å². The van der Waals surface area contributed by atoms with Crippen LogP contribution < -0.4 is 0 Å². The summed E-state index contributed by atoms with van der Waals surface area (Å²) in [5.74, 6) is 2.39. The molecule has 1 N–H and O–H groups in total. The highest BCUT2D eigenvalue weighted by Crippen LogP contribution is 2.40. The first-order valence-electron chi connectivity index (χ1n) is 7.29. The number of aromatic nitrogens is 3. The normalized spacial score (nSPS) is 15.3. The zero-order valence-corrected chi connectivity index (χ0v) is 12.1. The van der Waals surface area contributed by atoms with Gasteiger partial charge in [-0.05, 0) is 31.2 Å². The average molecular weight is 271 g/mol. The number of benzene rings is 1. The molecular formula is C16H21N3O. The van der Waals surface area contributed by atoms with Gasteiger partial charge in [0.15, 0.2) is 5.82 Å². The molecule has 1 heterocycles. The van der Waals surface area contributed by atoms with Gasteiger partial charge < -0.3 is 4.74 Å². The number of nitrogens with one attached hydrogen (secondary N) is 1. The third kappa shape index (κ3) is 2.61.